The lowest BCUT2D eigenvalue weighted by atomic mass is 10.0. The highest BCUT2D eigenvalue weighted by Crippen LogP contribution is 2.30. The molecule has 20 heavy (non-hydrogen) atoms. The van der Waals surface area contributed by atoms with Crippen molar-refractivity contribution in [3.8, 4) is 5.75 Å². The van der Waals surface area contributed by atoms with Crippen molar-refractivity contribution in [2.24, 2.45) is 0 Å². The summed E-state index contributed by atoms with van der Waals surface area (Å²) >= 11 is 6.78. The van der Waals surface area contributed by atoms with Crippen LogP contribution in [0.3, 0.4) is 0 Å². The molecule has 0 fully saturated rings. The molecule has 0 aliphatic carbocycles. The molecule has 0 aromatic heterocycles. The summed E-state index contributed by atoms with van der Waals surface area (Å²) in [5.74, 6) is 0.421. The number of ether oxygens (including phenoxy) is 1. The average molecular weight is 399 g/mol. The second-order valence-corrected chi connectivity index (χ2v) is 6.17. The third-order valence-corrected chi connectivity index (χ3v) is 4.22. The molecule has 0 bridgehead atoms. The molecule has 0 aliphatic heterocycles. The molecule has 2 aromatic rings. The SMILES string of the molecule is COc1cc(C)c(Br)cc1C(=O)c1cc(N)cc(Br)c1. The highest BCUT2D eigenvalue weighted by molar-refractivity contribution is 9.10. The van der Waals surface area contributed by atoms with Gasteiger partial charge in [0.15, 0.2) is 5.78 Å². The Morgan fingerprint density at radius 1 is 1.15 bits per heavy atom. The number of hydrogen-bond acceptors (Lipinski definition) is 3. The Morgan fingerprint density at radius 2 is 1.85 bits per heavy atom. The first-order chi connectivity index (χ1) is 9.42. The van der Waals surface area contributed by atoms with Gasteiger partial charge >= 0.3 is 0 Å². The summed E-state index contributed by atoms with van der Waals surface area (Å²) in [6, 6.07) is 8.75. The second-order valence-electron chi connectivity index (χ2n) is 4.40. The van der Waals surface area contributed by atoms with E-state index in [4.69, 9.17) is 10.5 Å². The van der Waals surface area contributed by atoms with Crippen molar-refractivity contribution in [2.75, 3.05) is 12.8 Å². The predicted octanol–water partition coefficient (Wildman–Crippen LogP) is 4.34. The van der Waals surface area contributed by atoms with Gasteiger partial charge in [-0.3, -0.25) is 4.79 Å². The maximum absolute atomic E-state index is 12.6. The minimum absolute atomic E-state index is 0.129. The van der Waals surface area contributed by atoms with E-state index >= 15 is 0 Å². The summed E-state index contributed by atoms with van der Waals surface area (Å²) in [6.45, 7) is 1.94. The molecule has 2 aromatic carbocycles. The van der Waals surface area contributed by atoms with E-state index in [1.807, 2.05) is 13.0 Å². The molecule has 2 N–H and O–H groups in total. The molecule has 104 valence electrons. The molecule has 0 amide bonds. The molecule has 0 saturated carbocycles. The average Bonchev–Trinajstić information content (AvgIpc) is 2.39. The van der Waals surface area contributed by atoms with E-state index in [9.17, 15) is 4.79 Å². The van der Waals surface area contributed by atoms with Gasteiger partial charge in [-0.2, -0.15) is 0 Å². The number of ketones is 1. The summed E-state index contributed by atoms with van der Waals surface area (Å²) in [5.41, 5.74) is 8.34. The van der Waals surface area contributed by atoms with Crippen molar-refractivity contribution in [2.45, 2.75) is 6.92 Å². The number of carbonyl (C=O) groups is 1. The van der Waals surface area contributed by atoms with Gasteiger partial charge in [0.25, 0.3) is 0 Å². The van der Waals surface area contributed by atoms with Crippen LogP contribution in [0.4, 0.5) is 5.69 Å². The quantitative estimate of drug-likeness (QED) is 0.617. The van der Waals surface area contributed by atoms with Gasteiger partial charge in [-0.25, -0.2) is 0 Å². The molecule has 5 heteroatoms. The summed E-state index contributed by atoms with van der Waals surface area (Å²) in [6.07, 6.45) is 0. The maximum Gasteiger partial charge on any atom is 0.196 e. The number of rotatable bonds is 3. The molecule has 0 aliphatic rings. The van der Waals surface area contributed by atoms with Crippen LogP contribution in [0.25, 0.3) is 0 Å². The highest BCUT2D eigenvalue weighted by Gasteiger charge is 2.17. The van der Waals surface area contributed by atoms with Crippen LogP contribution in [0.1, 0.15) is 21.5 Å². The lowest BCUT2D eigenvalue weighted by molar-refractivity contribution is 0.103. The van der Waals surface area contributed by atoms with Gasteiger partial charge in [-0.1, -0.05) is 31.9 Å². The molecular formula is C15H13Br2NO2. The van der Waals surface area contributed by atoms with Gasteiger partial charge in [-0.05, 0) is 42.8 Å². The number of aryl methyl sites for hydroxylation is 1. The highest BCUT2D eigenvalue weighted by atomic mass is 79.9. The predicted molar refractivity (Wildman–Crippen MR) is 87.4 cm³/mol. The lowest BCUT2D eigenvalue weighted by Crippen LogP contribution is -2.05. The van der Waals surface area contributed by atoms with Gasteiger partial charge in [0.1, 0.15) is 5.75 Å². The van der Waals surface area contributed by atoms with Gasteiger partial charge in [0.05, 0.1) is 12.7 Å². The van der Waals surface area contributed by atoms with Gasteiger partial charge in [-0.15, -0.1) is 0 Å². The number of carbonyl (C=O) groups excluding carboxylic acids is 1. The van der Waals surface area contributed by atoms with Crippen molar-refractivity contribution in [3.63, 3.8) is 0 Å². The van der Waals surface area contributed by atoms with Crippen LogP contribution in [-0.4, -0.2) is 12.9 Å². The van der Waals surface area contributed by atoms with E-state index in [-0.39, 0.29) is 5.78 Å². The summed E-state index contributed by atoms with van der Waals surface area (Å²) in [7, 11) is 1.55. The lowest BCUT2D eigenvalue weighted by Gasteiger charge is -2.11. The third-order valence-electron chi connectivity index (χ3n) is 2.91. The van der Waals surface area contributed by atoms with Crippen molar-refractivity contribution in [1.29, 1.82) is 0 Å². The van der Waals surface area contributed by atoms with Crippen LogP contribution in [-0.2, 0) is 0 Å². The molecular weight excluding hydrogens is 386 g/mol. The van der Waals surface area contributed by atoms with Gasteiger partial charge in [0.2, 0.25) is 0 Å². The minimum Gasteiger partial charge on any atom is -0.496 e. The van der Waals surface area contributed by atoms with Crippen molar-refractivity contribution >= 4 is 43.3 Å². The largest absolute Gasteiger partial charge is 0.496 e. The van der Waals surface area contributed by atoms with Crippen molar-refractivity contribution in [1.82, 2.24) is 0 Å². The minimum atomic E-state index is -0.129. The smallest absolute Gasteiger partial charge is 0.196 e. The van der Waals surface area contributed by atoms with E-state index in [1.165, 1.54) is 0 Å². The summed E-state index contributed by atoms with van der Waals surface area (Å²) in [5, 5.41) is 0. The van der Waals surface area contributed by atoms with Crippen molar-refractivity contribution < 1.29 is 9.53 Å². The number of methoxy groups -OCH3 is 1. The van der Waals surface area contributed by atoms with Gasteiger partial charge in [0, 0.05) is 20.2 Å². The first-order valence-corrected chi connectivity index (χ1v) is 7.46. The Labute approximate surface area is 134 Å². The van der Waals surface area contributed by atoms with Crippen LogP contribution in [0.2, 0.25) is 0 Å². The normalized spacial score (nSPS) is 10.4. The first kappa shape index (κ1) is 15.1. The van der Waals surface area contributed by atoms with E-state index in [0.717, 1.165) is 14.5 Å². The number of anilines is 1. The topological polar surface area (TPSA) is 52.3 Å². The fourth-order valence-corrected chi connectivity index (χ4v) is 2.75. The number of nitrogen functional groups attached to an aromatic ring is 1. The van der Waals surface area contributed by atoms with Crippen LogP contribution >= 0.6 is 31.9 Å². The Hall–Kier alpha value is -1.33. The Morgan fingerprint density at radius 3 is 2.45 bits per heavy atom. The van der Waals surface area contributed by atoms with E-state index in [0.29, 0.717) is 22.6 Å². The zero-order valence-electron chi connectivity index (χ0n) is 11.0. The van der Waals surface area contributed by atoms with Crippen molar-refractivity contribution in [3.05, 3.63) is 56.0 Å². The zero-order chi connectivity index (χ0) is 14.9. The second kappa shape index (κ2) is 5.97. The van der Waals surface area contributed by atoms with E-state index in [1.54, 1.807) is 31.4 Å². The zero-order valence-corrected chi connectivity index (χ0v) is 14.2. The van der Waals surface area contributed by atoms with E-state index in [2.05, 4.69) is 31.9 Å². The van der Waals surface area contributed by atoms with Crippen LogP contribution in [0.15, 0.2) is 39.3 Å². The van der Waals surface area contributed by atoms with E-state index < -0.39 is 0 Å². The fraction of sp³-hybridized carbons (Fsp3) is 0.133. The summed E-state index contributed by atoms with van der Waals surface area (Å²) < 4.78 is 6.93. The maximum atomic E-state index is 12.6. The number of nitrogens with two attached hydrogens (primary N) is 1. The molecule has 0 atom stereocenters. The molecule has 0 unspecified atom stereocenters. The molecule has 0 heterocycles. The molecule has 2 rings (SSSR count). The first-order valence-electron chi connectivity index (χ1n) is 5.87. The van der Waals surface area contributed by atoms with Crippen LogP contribution in [0.5, 0.6) is 5.75 Å². The molecule has 0 saturated heterocycles. The fourth-order valence-electron chi connectivity index (χ4n) is 1.90. The monoisotopic (exact) mass is 397 g/mol. The Balaban J connectivity index is 2.55. The van der Waals surface area contributed by atoms with Gasteiger partial charge < -0.3 is 10.5 Å². The standard InChI is InChI=1S/C15H13Br2NO2/c1-8-3-14(20-2)12(7-13(8)17)15(19)9-4-10(16)6-11(18)5-9/h3-7H,18H2,1-2H3. The van der Waals surface area contributed by atoms with Crippen LogP contribution in [0, 0.1) is 6.92 Å². The third kappa shape index (κ3) is 3.04. The Bertz CT molecular complexity index is 664. The van der Waals surface area contributed by atoms with Crippen LogP contribution < -0.4 is 10.5 Å². The molecule has 0 radical (unpaired) electrons. The summed E-state index contributed by atoms with van der Waals surface area (Å²) in [4.78, 5) is 12.6. The number of halogens is 2. The number of hydrogen-bond donors (Lipinski definition) is 1. The molecule has 3 nitrogen and oxygen atoms in total. The Kier molecular flexibility index (Phi) is 4.50. The number of benzene rings is 2. The molecule has 0 spiro atoms.